The fourth-order valence-electron chi connectivity index (χ4n) is 1.83. The minimum atomic E-state index is 0.422. The van der Waals surface area contributed by atoms with E-state index in [1.165, 1.54) is 0 Å². The molecule has 0 bridgehead atoms. The van der Waals surface area contributed by atoms with Gasteiger partial charge in [-0.2, -0.15) is 0 Å². The molecule has 1 aromatic carbocycles. The van der Waals surface area contributed by atoms with Crippen molar-refractivity contribution in [2.75, 3.05) is 11.9 Å². The maximum atomic E-state index is 5.87. The second kappa shape index (κ2) is 5.99. The molecule has 19 heavy (non-hydrogen) atoms. The Balaban J connectivity index is 2.17. The minimum Gasteiger partial charge on any atom is -0.340 e. The van der Waals surface area contributed by atoms with E-state index in [-0.39, 0.29) is 0 Å². The van der Waals surface area contributed by atoms with Gasteiger partial charge in [0.25, 0.3) is 0 Å². The van der Waals surface area contributed by atoms with E-state index >= 15 is 0 Å². The molecule has 2 N–H and O–H groups in total. The molecule has 0 saturated carbocycles. The third kappa shape index (κ3) is 3.66. The van der Waals surface area contributed by atoms with Gasteiger partial charge in [-0.1, -0.05) is 23.7 Å². The van der Waals surface area contributed by atoms with E-state index in [2.05, 4.69) is 9.97 Å². The molecule has 2 rings (SSSR count). The molecule has 5 heteroatoms. The monoisotopic (exact) mass is 276 g/mol. The molecule has 1 heterocycles. The largest absolute Gasteiger partial charge is 0.340 e. The van der Waals surface area contributed by atoms with Gasteiger partial charge in [-0.25, -0.2) is 9.97 Å². The highest BCUT2D eigenvalue weighted by Gasteiger charge is 2.07. The van der Waals surface area contributed by atoms with Gasteiger partial charge in [-0.3, -0.25) is 0 Å². The standard InChI is InChI=1S/C14H17ClN4/c1-10-7-13(8-16)18-14(17-10)19(2)9-11-3-5-12(15)6-4-11/h3-7H,8-9,16H2,1-2H3. The summed E-state index contributed by atoms with van der Waals surface area (Å²) < 4.78 is 0. The molecule has 2 aromatic rings. The van der Waals surface area contributed by atoms with E-state index in [4.69, 9.17) is 17.3 Å². The highest BCUT2D eigenvalue weighted by Crippen LogP contribution is 2.14. The second-order valence-corrected chi connectivity index (χ2v) is 4.92. The highest BCUT2D eigenvalue weighted by molar-refractivity contribution is 6.30. The molecule has 0 fully saturated rings. The van der Waals surface area contributed by atoms with Crippen LogP contribution in [0.4, 0.5) is 5.95 Å². The van der Waals surface area contributed by atoms with Crippen LogP contribution in [0.5, 0.6) is 0 Å². The summed E-state index contributed by atoms with van der Waals surface area (Å²) in [6.07, 6.45) is 0. The number of benzene rings is 1. The molecule has 4 nitrogen and oxygen atoms in total. The van der Waals surface area contributed by atoms with E-state index < -0.39 is 0 Å². The van der Waals surface area contributed by atoms with E-state index in [9.17, 15) is 0 Å². The Labute approximate surface area is 118 Å². The van der Waals surface area contributed by atoms with E-state index in [0.717, 1.165) is 28.5 Å². The molecule has 0 saturated heterocycles. The van der Waals surface area contributed by atoms with Crippen molar-refractivity contribution in [3.05, 3.63) is 52.3 Å². The first-order chi connectivity index (χ1) is 9.08. The zero-order valence-electron chi connectivity index (χ0n) is 11.1. The number of nitrogens with two attached hydrogens (primary N) is 1. The molecule has 0 amide bonds. The smallest absolute Gasteiger partial charge is 0.225 e. The van der Waals surface area contributed by atoms with Crippen LogP contribution in [-0.2, 0) is 13.1 Å². The van der Waals surface area contributed by atoms with Gasteiger partial charge in [0.1, 0.15) is 0 Å². The van der Waals surface area contributed by atoms with Gasteiger partial charge in [-0.15, -0.1) is 0 Å². The van der Waals surface area contributed by atoms with Crippen molar-refractivity contribution < 1.29 is 0 Å². The first kappa shape index (κ1) is 13.8. The van der Waals surface area contributed by atoms with Gasteiger partial charge in [-0.05, 0) is 30.7 Å². The molecule has 0 aliphatic carbocycles. The van der Waals surface area contributed by atoms with Gasteiger partial charge in [0, 0.05) is 30.9 Å². The first-order valence-electron chi connectivity index (χ1n) is 6.08. The fraction of sp³-hybridized carbons (Fsp3) is 0.286. The SMILES string of the molecule is Cc1cc(CN)nc(N(C)Cc2ccc(Cl)cc2)n1. The Bertz CT molecular complexity index is 554. The van der Waals surface area contributed by atoms with Crippen molar-refractivity contribution in [3.63, 3.8) is 0 Å². The van der Waals surface area contributed by atoms with Crippen LogP contribution in [0.25, 0.3) is 0 Å². The number of aromatic nitrogens is 2. The zero-order chi connectivity index (χ0) is 13.8. The molecule has 100 valence electrons. The molecular formula is C14H17ClN4. The summed E-state index contributed by atoms with van der Waals surface area (Å²) in [7, 11) is 1.96. The molecule has 0 atom stereocenters. The zero-order valence-corrected chi connectivity index (χ0v) is 11.9. The van der Waals surface area contributed by atoms with Crippen molar-refractivity contribution in [1.29, 1.82) is 0 Å². The summed E-state index contributed by atoms with van der Waals surface area (Å²) >= 11 is 5.87. The molecule has 0 radical (unpaired) electrons. The fourth-order valence-corrected chi connectivity index (χ4v) is 1.95. The molecular weight excluding hydrogens is 260 g/mol. The Kier molecular flexibility index (Phi) is 4.35. The van der Waals surface area contributed by atoms with Crippen LogP contribution in [0, 0.1) is 6.92 Å². The predicted molar refractivity (Wildman–Crippen MR) is 78.2 cm³/mol. The van der Waals surface area contributed by atoms with E-state index in [0.29, 0.717) is 12.5 Å². The number of hydrogen-bond donors (Lipinski definition) is 1. The Morgan fingerprint density at radius 2 is 1.89 bits per heavy atom. The molecule has 0 spiro atoms. The predicted octanol–water partition coefficient (Wildman–Crippen LogP) is 2.53. The highest BCUT2D eigenvalue weighted by atomic mass is 35.5. The average molecular weight is 277 g/mol. The number of rotatable bonds is 4. The lowest BCUT2D eigenvalue weighted by Crippen LogP contribution is -2.20. The molecule has 0 aliphatic rings. The van der Waals surface area contributed by atoms with E-state index in [1.807, 2.05) is 49.2 Å². The molecule has 0 aliphatic heterocycles. The Hall–Kier alpha value is -1.65. The van der Waals surface area contributed by atoms with Crippen LogP contribution >= 0.6 is 11.6 Å². The summed E-state index contributed by atoms with van der Waals surface area (Å²) in [5.74, 6) is 0.690. The van der Waals surface area contributed by atoms with Crippen LogP contribution in [0.1, 0.15) is 17.0 Å². The lowest BCUT2D eigenvalue weighted by molar-refractivity contribution is 0.837. The van der Waals surface area contributed by atoms with Crippen molar-refractivity contribution in [2.24, 2.45) is 5.73 Å². The number of hydrogen-bond acceptors (Lipinski definition) is 4. The van der Waals surface area contributed by atoms with Crippen LogP contribution in [0.3, 0.4) is 0 Å². The number of halogens is 1. The summed E-state index contributed by atoms with van der Waals surface area (Å²) in [6.45, 7) is 3.09. The maximum absolute atomic E-state index is 5.87. The third-order valence-corrected chi connectivity index (χ3v) is 3.03. The van der Waals surface area contributed by atoms with Crippen molar-refractivity contribution in [2.45, 2.75) is 20.0 Å². The number of anilines is 1. The Morgan fingerprint density at radius 3 is 2.53 bits per heavy atom. The maximum Gasteiger partial charge on any atom is 0.225 e. The van der Waals surface area contributed by atoms with Crippen molar-refractivity contribution >= 4 is 17.5 Å². The van der Waals surface area contributed by atoms with Gasteiger partial charge in [0.15, 0.2) is 0 Å². The second-order valence-electron chi connectivity index (χ2n) is 4.49. The van der Waals surface area contributed by atoms with Crippen molar-refractivity contribution in [3.8, 4) is 0 Å². The summed E-state index contributed by atoms with van der Waals surface area (Å²) in [5.41, 5.74) is 8.57. The molecule has 1 aromatic heterocycles. The van der Waals surface area contributed by atoms with Crippen molar-refractivity contribution in [1.82, 2.24) is 9.97 Å². The van der Waals surface area contributed by atoms with Gasteiger partial charge >= 0.3 is 0 Å². The van der Waals surface area contributed by atoms with E-state index in [1.54, 1.807) is 0 Å². The summed E-state index contributed by atoms with van der Waals surface area (Å²) in [5, 5.41) is 0.739. The third-order valence-electron chi connectivity index (χ3n) is 2.78. The van der Waals surface area contributed by atoms with Gasteiger partial charge < -0.3 is 10.6 Å². The number of nitrogens with zero attached hydrogens (tertiary/aromatic N) is 3. The lowest BCUT2D eigenvalue weighted by atomic mass is 10.2. The topological polar surface area (TPSA) is 55.0 Å². The summed E-state index contributed by atoms with van der Waals surface area (Å²) in [4.78, 5) is 10.9. The quantitative estimate of drug-likeness (QED) is 0.932. The minimum absolute atomic E-state index is 0.422. The van der Waals surface area contributed by atoms with Crippen LogP contribution in [0.2, 0.25) is 5.02 Å². The summed E-state index contributed by atoms with van der Waals surface area (Å²) in [6, 6.07) is 9.66. The first-order valence-corrected chi connectivity index (χ1v) is 6.46. The number of aryl methyl sites for hydroxylation is 1. The average Bonchev–Trinajstić information content (AvgIpc) is 2.40. The lowest BCUT2D eigenvalue weighted by Gasteiger charge is -2.18. The Morgan fingerprint density at radius 1 is 1.21 bits per heavy atom. The normalized spacial score (nSPS) is 10.5. The van der Waals surface area contributed by atoms with Crippen LogP contribution in [-0.4, -0.2) is 17.0 Å². The van der Waals surface area contributed by atoms with Crippen LogP contribution < -0.4 is 10.6 Å². The van der Waals surface area contributed by atoms with Gasteiger partial charge in [0.2, 0.25) is 5.95 Å². The van der Waals surface area contributed by atoms with Gasteiger partial charge in [0.05, 0.1) is 5.69 Å². The van der Waals surface area contributed by atoms with Crippen LogP contribution in [0.15, 0.2) is 30.3 Å². The molecule has 0 unspecified atom stereocenters.